The Kier molecular flexibility index (Phi) is 0.883. The SMILES string of the molecule is C1=CC2CC1C1COCC21. The van der Waals surface area contributed by atoms with Crippen molar-refractivity contribution in [3.8, 4) is 0 Å². The van der Waals surface area contributed by atoms with Crippen LogP contribution >= 0.6 is 0 Å². The molecule has 0 radical (unpaired) electrons. The van der Waals surface area contributed by atoms with Gasteiger partial charge in [-0.15, -0.1) is 0 Å². The summed E-state index contributed by atoms with van der Waals surface area (Å²) in [6.45, 7) is 2.08. The van der Waals surface area contributed by atoms with Crippen molar-refractivity contribution in [2.24, 2.45) is 23.7 Å². The average Bonchev–Trinajstić information content (AvgIpc) is 2.60. The van der Waals surface area contributed by atoms with E-state index < -0.39 is 0 Å². The lowest BCUT2D eigenvalue weighted by Crippen LogP contribution is -2.16. The summed E-state index contributed by atoms with van der Waals surface area (Å²) in [6.07, 6.45) is 6.24. The summed E-state index contributed by atoms with van der Waals surface area (Å²) in [5.74, 6) is 3.57. The van der Waals surface area contributed by atoms with Crippen LogP contribution in [0.2, 0.25) is 0 Å². The highest BCUT2D eigenvalue weighted by atomic mass is 16.5. The number of hydrogen-bond donors (Lipinski definition) is 0. The first kappa shape index (κ1) is 5.36. The van der Waals surface area contributed by atoms with Crippen LogP contribution in [0.1, 0.15) is 6.42 Å². The molecule has 0 N–H and O–H groups in total. The van der Waals surface area contributed by atoms with Crippen LogP contribution in [0.15, 0.2) is 12.2 Å². The number of ether oxygens (including phenoxy) is 1. The molecule has 54 valence electrons. The molecule has 2 fully saturated rings. The fourth-order valence-electron chi connectivity index (χ4n) is 2.86. The fraction of sp³-hybridized carbons (Fsp3) is 0.778. The van der Waals surface area contributed by atoms with Crippen molar-refractivity contribution in [3.05, 3.63) is 12.2 Å². The van der Waals surface area contributed by atoms with Crippen molar-refractivity contribution in [1.29, 1.82) is 0 Å². The van der Waals surface area contributed by atoms with E-state index in [2.05, 4.69) is 12.2 Å². The van der Waals surface area contributed by atoms with Crippen molar-refractivity contribution >= 4 is 0 Å². The van der Waals surface area contributed by atoms with Crippen LogP contribution in [0, 0.1) is 23.7 Å². The van der Waals surface area contributed by atoms with Crippen LogP contribution in [-0.4, -0.2) is 13.2 Å². The Morgan fingerprint density at radius 1 is 1.00 bits per heavy atom. The zero-order valence-corrected chi connectivity index (χ0v) is 5.99. The van der Waals surface area contributed by atoms with Crippen molar-refractivity contribution < 1.29 is 4.74 Å². The zero-order valence-electron chi connectivity index (χ0n) is 5.99. The molecule has 1 heterocycles. The lowest BCUT2D eigenvalue weighted by molar-refractivity contribution is 0.165. The van der Waals surface area contributed by atoms with Crippen LogP contribution in [0.25, 0.3) is 0 Å². The molecule has 4 unspecified atom stereocenters. The maximum absolute atomic E-state index is 5.45. The monoisotopic (exact) mass is 136 g/mol. The Morgan fingerprint density at radius 3 is 2.20 bits per heavy atom. The maximum Gasteiger partial charge on any atom is 0.0503 e. The molecule has 4 atom stereocenters. The molecule has 0 aromatic carbocycles. The first-order chi connectivity index (χ1) is 4.95. The Hall–Kier alpha value is -0.300. The molecule has 1 heteroatoms. The van der Waals surface area contributed by atoms with Gasteiger partial charge >= 0.3 is 0 Å². The molecule has 1 nitrogen and oxygen atoms in total. The van der Waals surface area contributed by atoms with Gasteiger partial charge in [-0.3, -0.25) is 0 Å². The molecule has 10 heavy (non-hydrogen) atoms. The number of rotatable bonds is 0. The number of allylic oxidation sites excluding steroid dienone is 2. The van der Waals surface area contributed by atoms with E-state index in [0.717, 1.165) is 36.9 Å². The third kappa shape index (κ3) is 0.485. The van der Waals surface area contributed by atoms with Gasteiger partial charge in [0.15, 0.2) is 0 Å². The third-order valence-electron chi connectivity index (χ3n) is 3.42. The number of hydrogen-bond acceptors (Lipinski definition) is 1. The van der Waals surface area contributed by atoms with Gasteiger partial charge in [-0.05, 0) is 30.1 Å². The smallest absolute Gasteiger partial charge is 0.0503 e. The van der Waals surface area contributed by atoms with Crippen molar-refractivity contribution in [2.75, 3.05) is 13.2 Å². The maximum atomic E-state index is 5.45. The van der Waals surface area contributed by atoms with E-state index in [-0.39, 0.29) is 0 Å². The Labute approximate surface area is 61.1 Å². The molecular formula is C9H12O. The molecule has 3 aliphatic rings. The second kappa shape index (κ2) is 1.65. The molecule has 0 spiro atoms. The molecule has 1 saturated heterocycles. The molecule has 2 bridgehead atoms. The molecule has 1 saturated carbocycles. The third-order valence-corrected chi connectivity index (χ3v) is 3.42. The van der Waals surface area contributed by atoms with Crippen LogP contribution in [0.5, 0.6) is 0 Å². The largest absolute Gasteiger partial charge is 0.381 e. The Balaban J connectivity index is 1.99. The van der Waals surface area contributed by atoms with E-state index in [9.17, 15) is 0 Å². The molecule has 1 aliphatic heterocycles. The van der Waals surface area contributed by atoms with Crippen LogP contribution in [-0.2, 0) is 4.74 Å². The highest BCUT2D eigenvalue weighted by molar-refractivity contribution is 5.14. The van der Waals surface area contributed by atoms with Crippen molar-refractivity contribution in [3.63, 3.8) is 0 Å². The minimum Gasteiger partial charge on any atom is -0.381 e. The minimum absolute atomic E-state index is 0.887. The second-order valence-corrected chi connectivity index (χ2v) is 3.81. The molecule has 0 amide bonds. The van der Waals surface area contributed by atoms with E-state index in [1.165, 1.54) is 6.42 Å². The van der Waals surface area contributed by atoms with Gasteiger partial charge in [0.2, 0.25) is 0 Å². The van der Waals surface area contributed by atoms with Gasteiger partial charge in [-0.25, -0.2) is 0 Å². The second-order valence-electron chi connectivity index (χ2n) is 3.81. The van der Waals surface area contributed by atoms with Crippen LogP contribution in [0.3, 0.4) is 0 Å². The fourth-order valence-corrected chi connectivity index (χ4v) is 2.86. The normalized spacial score (nSPS) is 56.0. The first-order valence-corrected chi connectivity index (χ1v) is 4.21. The van der Waals surface area contributed by atoms with E-state index in [0.29, 0.717) is 0 Å². The van der Waals surface area contributed by atoms with Gasteiger partial charge in [-0.2, -0.15) is 0 Å². The standard InChI is InChI=1S/C9H12O/c1-2-7-3-6(1)8-4-10-5-9(7)8/h1-2,6-9H,3-5H2. The summed E-state index contributed by atoms with van der Waals surface area (Å²) in [4.78, 5) is 0. The van der Waals surface area contributed by atoms with Crippen LogP contribution < -0.4 is 0 Å². The summed E-state index contributed by atoms with van der Waals surface area (Å²) in [5.41, 5.74) is 0. The van der Waals surface area contributed by atoms with Crippen LogP contribution in [0.4, 0.5) is 0 Å². The number of fused-ring (bicyclic) bond motifs is 5. The van der Waals surface area contributed by atoms with E-state index in [1.807, 2.05) is 0 Å². The quantitative estimate of drug-likeness (QED) is 0.458. The first-order valence-electron chi connectivity index (χ1n) is 4.21. The van der Waals surface area contributed by atoms with E-state index in [1.54, 1.807) is 0 Å². The van der Waals surface area contributed by atoms with E-state index in [4.69, 9.17) is 4.74 Å². The summed E-state index contributed by atoms with van der Waals surface area (Å²) in [6, 6.07) is 0. The average molecular weight is 136 g/mol. The van der Waals surface area contributed by atoms with Gasteiger partial charge in [0.05, 0.1) is 13.2 Å². The Bertz CT molecular complexity index is 167. The molecular weight excluding hydrogens is 124 g/mol. The molecule has 0 aromatic heterocycles. The van der Waals surface area contributed by atoms with E-state index >= 15 is 0 Å². The topological polar surface area (TPSA) is 9.23 Å². The van der Waals surface area contributed by atoms with Gasteiger partial charge in [0.1, 0.15) is 0 Å². The minimum atomic E-state index is 0.887. The van der Waals surface area contributed by atoms with Crippen molar-refractivity contribution in [2.45, 2.75) is 6.42 Å². The highest BCUT2D eigenvalue weighted by Crippen LogP contribution is 2.50. The van der Waals surface area contributed by atoms with Crippen molar-refractivity contribution in [1.82, 2.24) is 0 Å². The highest BCUT2D eigenvalue weighted by Gasteiger charge is 2.47. The Morgan fingerprint density at radius 2 is 1.60 bits per heavy atom. The lowest BCUT2D eigenvalue weighted by Gasteiger charge is -2.16. The predicted octanol–water partition coefficient (Wildman–Crippen LogP) is 1.45. The summed E-state index contributed by atoms with van der Waals surface area (Å²) in [5, 5.41) is 0. The predicted molar refractivity (Wildman–Crippen MR) is 38.5 cm³/mol. The zero-order chi connectivity index (χ0) is 6.55. The molecule has 0 aromatic rings. The van der Waals surface area contributed by atoms with Gasteiger partial charge < -0.3 is 4.74 Å². The summed E-state index contributed by atoms with van der Waals surface area (Å²) in [7, 11) is 0. The summed E-state index contributed by atoms with van der Waals surface area (Å²) < 4.78 is 5.45. The molecule has 3 rings (SSSR count). The lowest BCUT2D eigenvalue weighted by atomic mass is 9.86. The summed E-state index contributed by atoms with van der Waals surface area (Å²) >= 11 is 0. The van der Waals surface area contributed by atoms with Gasteiger partial charge in [0, 0.05) is 0 Å². The van der Waals surface area contributed by atoms with Gasteiger partial charge in [0.25, 0.3) is 0 Å². The van der Waals surface area contributed by atoms with Gasteiger partial charge in [-0.1, -0.05) is 12.2 Å². The molecule has 2 aliphatic carbocycles.